The summed E-state index contributed by atoms with van der Waals surface area (Å²) in [5, 5.41) is 3.30. The summed E-state index contributed by atoms with van der Waals surface area (Å²) in [5.41, 5.74) is 1.77. The lowest BCUT2D eigenvalue weighted by Crippen LogP contribution is -2.27. The van der Waals surface area contributed by atoms with E-state index in [4.69, 9.17) is 4.74 Å². The Balaban J connectivity index is 2.55. The van der Waals surface area contributed by atoms with Gasteiger partial charge in [0.05, 0.1) is 12.0 Å². The van der Waals surface area contributed by atoms with Gasteiger partial charge in [0.1, 0.15) is 5.75 Å². The molecule has 1 N–H and O–H groups in total. The Morgan fingerprint density at radius 3 is 2.42 bits per heavy atom. The largest absolute Gasteiger partial charge is 0.496 e. The highest BCUT2D eigenvalue weighted by Gasteiger charge is 2.24. The predicted octanol–water partition coefficient (Wildman–Crippen LogP) is 1.87. The Morgan fingerprint density at radius 2 is 1.89 bits per heavy atom. The fraction of sp³-hybridized carbons (Fsp3) is 0.571. The van der Waals surface area contributed by atoms with E-state index in [2.05, 4.69) is 5.32 Å². The molecule has 0 amide bonds. The second-order valence-corrected chi connectivity index (χ2v) is 7.14. The molecule has 4 nitrogen and oxygen atoms in total. The summed E-state index contributed by atoms with van der Waals surface area (Å²) in [6, 6.07) is 3.65. The molecule has 0 aromatic heterocycles. The zero-order valence-electron chi connectivity index (χ0n) is 11.7. The Labute approximate surface area is 115 Å². The van der Waals surface area contributed by atoms with Crippen molar-refractivity contribution in [1.82, 2.24) is 5.32 Å². The van der Waals surface area contributed by atoms with Crippen molar-refractivity contribution >= 4 is 9.84 Å². The summed E-state index contributed by atoms with van der Waals surface area (Å²) in [6.07, 6.45) is 3.21. The molecule has 1 aromatic rings. The van der Waals surface area contributed by atoms with Crippen LogP contribution in [-0.4, -0.2) is 34.9 Å². The second kappa shape index (κ2) is 5.51. The quantitative estimate of drug-likeness (QED) is 0.920. The van der Waals surface area contributed by atoms with Gasteiger partial charge in [-0.3, -0.25) is 0 Å². The summed E-state index contributed by atoms with van der Waals surface area (Å²) in [5.74, 6) is 1.06. The number of benzene rings is 1. The predicted molar refractivity (Wildman–Crippen MR) is 75.7 cm³/mol. The second-order valence-electron chi connectivity index (χ2n) is 5.16. The molecular weight excluding hydrogens is 262 g/mol. The standard InChI is InChI=1S/C14H21NO3S/c1-10-8-14(19(3,16)17)12(9-13(10)18-2)11-4-6-15-7-5-11/h8-9,11,15H,4-7H2,1-3H3. The van der Waals surface area contributed by atoms with Gasteiger partial charge in [0.2, 0.25) is 0 Å². The normalized spacial score (nSPS) is 17.4. The summed E-state index contributed by atoms with van der Waals surface area (Å²) in [7, 11) is -1.59. The van der Waals surface area contributed by atoms with Crippen LogP contribution in [0.2, 0.25) is 0 Å². The van der Waals surface area contributed by atoms with Gasteiger partial charge in [-0.2, -0.15) is 0 Å². The first-order valence-corrected chi connectivity index (χ1v) is 8.42. The van der Waals surface area contributed by atoms with Crippen molar-refractivity contribution in [3.8, 4) is 5.75 Å². The van der Waals surface area contributed by atoms with Gasteiger partial charge in [0, 0.05) is 6.26 Å². The van der Waals surface area contributed by atoms with Gasteiger partial charge < -0.3 is 10.1 Å². The highest BCUT2D eigenvalue weighted by molar-refractivity contribution is 7.90. The number of nitrogens with one attached hydrogen (secondary N) is 1. The molecule has 1 aliphatic rings. The van der Waals surface area contributed by atoms with Gasteiger partial charge >= 0.3 is 0 Å². The molecule has 5 heteroatoms. The molecule has 1 aliphatic heterocycles. The molecule has 2 rings (SSSR count). The zero-order valence-corrected chi connectivity index (χ0v) is 12.5. The van der Waals surface area contributed by atoms with E-state index in [-0.39, 0.29) is 0 Å². The van der Waals surface area contributed by atoms with Gasteiger partial charge in [-0.25, -0.2) is 8.42 Å². The van der Waals surface area contributed by atoms with Crippen molar-refractivity contribution in [2.75, 3.05) is 26.5 Å². The van der Waals surface area contributed by atoms with Crippen molar-refractivity contribution in [2.24, 2.45) is 0 Å². The molecule has 0 saturated carbocycles. The SMILES string of the molecule is COc1cc(C2CCNCC2)c(S(C)(=O)=O)cc1C. The number of piperidine rings is 1. The van der Waals surface area contributed by atoms with Crippen LogP contribution in [0, 0.1) is 6.92 Å². The first-order chi connectivity index (χ1) is 8.93. The van der Waals surface area contributed by atoms with Crippen LogP contribution in [0.25, 0.3) is 0 Å². The van der Waals surface area contributed by atoms with E-state index in [0.29, 0.717) is 10.8 Å². The fourth-order valence-corrected chi connectivity index (χ4v) is 3.71. The highest BCUT2D eigenvalue weighted by Crippen LogP contribution is 2.35. The third-order valence-electron chi connectivity index (χ3n) is 3.71. The molecule has 1 aromatic carbocycles. The van der Waals surface area contributed by atoms with E-state index in [0.717, 1.165) is 42.8 Å². The third kappa shape index (κ3) is 3.09. The summed E-state index contributed by atoms with van der Waals surface area (Å²) >= 11 is 0. The maximum absolute atomic E-state index is 12.0. The van der Waals surface area contributed by atoms with Crippen molar-refractivity contribution in [3.63, 3.8) is 0 Å². The molecule has 0 bridgehead atoms. The van der Waals surface area contributed by atoms with Gasteiger partial charge in [-0.1, -0.05) is 0 Å². The molecule has 0 spiro atoms. The van der Waals surface area contributed by atoms with Crippen molar-refractivity contribution in [2.45, 2.75) is 30.6 Å². The third-order valence-corrected chi connectivity index (χ3v) is 4.86. The summed E-state index contributed by atoms with van der Waals surface area (Å²) in [6.45, 7) is 3.74. The van der Waals surface area contributed by atoms with Crippen molar-refractivity contribution in [1.29, 1.82) is 0 Å². The number of rotatable bonds is 3. The van der Waals surface area contributed by atoms with E-state index in [1.54, 1.807) is 13.2 Å². The van der Waals surface area contributed by atoms with Gasteiger partial charge in [-0.05, 0) is 62.0 Å². The smallest absolute Gasteiger partial charge is 0.175 e. The lowest BCUT2D eigenvalue weighted by Gasteiger charge is -2.25. The van der Waals surface area contributed by atoms with Crippen LogP contribution in [0.3, 0.4) is 0 Å². The number of methoxy groups -OCH3 is 1. The Bertz CT molecular complexity index is 560. The van der Waals surface area contributed by atoms with E-state index >= 15 is 0 Å². The molecular formula is C14H21NO3S. The van der Waals surface area contributed by atoms with E-state index < -0.39 is 9.84 Å². The molecule has 19 heavy (non-hydrogen) atoms. The molecule has 1 heterocycles. The molecule has 0 unspecified atom stereocenters. The number of aryl methyl sites for hydroxylation is 1. The van der Waals surface area contributed by atoms with Crippen LogP contribution in [-0.2, 0) is 9.84 Å². The van der Waals surface area contributed by atoms with Crippen LogP contribution >= 0.6 is 0 Å². The first kappa shape index (κ1) is 14.3. The lowest BCUT2D eigenvalue weighted by molar-refractivity contribution is 0.406. The maximum Gasteiger partial charge on any atom is 0.175 e. The van der Waals surface area contributed by atoms with Crippen LogP contribution in [0.5, 0.6) is 5.75 Å². The van der Waals surface area contributed by atoms with Crippen LogP contribution < -0.4 is 10.1 Å². The fourth-order valence-electron chi connectivity index (χ4n) is 2.67. The average molecular weight is 283 g/mol. The number of hydrogen-bond donors (Lipinski definition) is 1. The summed E-state index contributed by atoms with van der Waals surface area (Å²) in [4.78, 5) is 0.456. The molecule has 0 atom stereocenters. The zero-order chi connectivity index (χ0) is 14.0. The Morgan fingerprint density at radius 1 is 1.26 bits per heavy atom. The van der Waals surface area contributed by atoms with Gasteiger partial charge in [0.15, 0.2) is 9.84 Å². The molecule has 0 radical (unpaired) electrons. The highest BCUT2D eigenvalue weighted by atomic mass is 32.2. The minimum atomic E-state index is -3.21. The van der Waals surface area contributed by atoms with Gasteiger partial charge in [0.25, 0.3) is 0 Å². The van der Waals surface area contributed by atoms with E-state index in [9.17, 15) is 8.42 Å². The van der Waals surface area contributed by atoms with Crippen LogP contribution in [0.1, 0.15) is 29.9 Å². The maximum atomic E-state index is 12.0. The van der Waals surface area contributed by atoms with Crippen LogP contribution in [0.15, 0.2) is 17.0 Å². The summed E-state index contributed by atoms with van der Waals surface area (Å²) < 4.78 is 29.3. The molecule has 1 saturated heterocycles. The molecule has 1 fully saturated rings. The lowest BCUT2D eigenvalue weighted by atomic mass is 9.89. The number of hydrogen-bond acceptors (Lipinski definition) is 4. The monoisotopic (exact) mass is 283 g/mol. The minimum Gasteiger partial charge on any atom is -0.496 e. The van der Waals surface area contributed by atoms with E-state index in [1.165, 1.54) is 6.26 Å². The number of sulfone groups is 1. The topological polar surface area (TPSA) is 55.4 Å². The Hall–Kier alpha value is -1.07. The average Bonchev–Trinajstić information content (AvgIpc) is 2.38. The Kier molecular flexibility index (Phi) is 4.16. The van der Waals surface area contributed by atoms with Crippen molar-refractivity contribution in [3.05, 3.63) is 23.3 Å². The van der Waals surface area contributed by atoms with E-state index in [1.807, 2.05) is 13.0 Å². The number of ether oxygens (including phenoxy) is 1. The van der Waals surface area contributed by atoms with Crippen molar-refractivity contribution < 1.29 is 13.2 Å². The minimum absolute atomic E-state index is 0.292. The van der Waals surface area contributed by atoms with Crippen LogP contribution in [0.4, 0.5) is 0 Å². The first-order valence-electron chi connectivity index (χ1n) is 6.53. The van der Waals surface area contributed by atoms with Gasteiger partial charge in [-0.15, -0.1) is 0 Å². The molecule has 106 valence electrons. The molecule has 0 aliphatic carbocycles.